The Kier molecular flexibility index (Phi) is 6.83. The average Bonchev–Trinajstić information content (AvgIpc) is 2.39. The fourth-order valence-corrected chi connectivity index (χ4v) is 2.56. The Morgan fingerprint density at radius 2 is 2.06 bits per heavy atom. The van der Waals surface area contributed by atoms with E-state index in [9.17, 15) is 4.79 Å². The van der Waals surface area contributed by atoms with Crippen LogP contribution in [-0.2, 0) is 4.74 Å². The third kappa shape index (κ3) is 5.10. The van der Waals surface area contributed by atoms with E-state index in [1.807, 2.05) is 12.1 Å². The van der Waals surface area contributed by atoms with Crippen LogP contribution in [0.25, 0.3) is 0 Å². The van der Waals surface area contributed by atoms with Crippen molar-refractivity contribution in [2.45, 2.75) is 37.2 Å². The predicted molar refractivity (Wildman–Crippen MR) is 74.4 cm³/mol. The van der Waals surface area contributed by atoms with Crippen molar-refractivity contribution in [3.63, 3.8) is 0 Å². The minimum atomic E-state index is -0.877. The van der Waals surface area contributed by atoms with Gasteiger partial charge >= 0.3 is 5.97 Å². The van der Waals surface area contributed by atoms with Gasteiger partial charge in [0.25, 0.3) is 0 Å². The van der Waals surface area contributed by atoms with Gasteiger partial charge in [-0.05, 0) is 49.3 Å². The van der Waals surface area contributed by atoms with E-state index in [1.54, 1.807) is 31.0 Å². The molecule has 18 heavy (non-hydrogen) atoms. The summed E-state index contributed by atoms with van der Waals surface area (Å²) in [6, 6.07) is 7.02. The van der Waals surface area contributed by atoms with E-state index in [0.29, 0.717) is 11.7 Å². The Morgan fingerprint density at radius 3 is 2.56 bits per heavy atom. The van der Waals surface area contributed by atoms with Gasteiger partial charge in [0, 0.05) is 12.0 Å². The molecule has 0 aromatic heterocycles. The Morgan fingerprint density at radius 1 is 1.39 bits per heavy atom. The highest BCUT2D eigenvalue weighted by Crippen LogP contribution is 2.20. The quantitative estimate of drug-likeness (QED) is 0.577. The van der Waals surface area contributed by atoms with Gasteiger partial charge in [-0.15, -0.1) is 11.8 Å². The second kappa shape index (κ2) is 8.16. The van der Waals surface area contributed by atoms with Gasteiger partial charge in [-0.25, -0.2) is 4.79 Å². The van der Waals surface area contributed by atoms with Crippen molar-refractivity contribution in [1.29, 1.82) is 0 Å². The normalized spacial score (nSPS) is 12.3. The van der Waals surface area contributed by atoms with Crippen LogP contribution in [-0.4, -0.2) is 30.0 Å². The number of ether oxygens (including phenoxy) is 1. The molecule has 0 amide bonds. The van der Waals surface area contributed by atoms with E-state index in [2.05, 4.69) is 6.92 Å². The maximum Gasteiger partial charge on any atom is 0.335 e. The van der Waals surface area contributed by atoms with E-state index >= 15 is 0 Å². The lowest BCUT2D eigenvalue weighted by molar-refractivity contribution is 0.0697. The highest BCUT2D eigenvalue weighted by atomic mass is 32.2. The van der Waals surface area contributed by atoms with E-state index < -0.39 is 5.97 Å². The lowest BCUT2D eigenvalue weighted by Crippen LogP contribution is -2.08. The molecule has 1 unspecified atom stereocenters. The van der Waals surface area contributed by atoms with Crippen molar-refractivity contribution in [3.05, 3.63) is 29.8 Å². The molecule has 1 rings (SSSR count). The molecule has 100 valence electrons. The van der Waals surface area contributed by atoms with Crippen LogP contribution in [0, 0.1) is 0 Å². The number of aromatic carboxylic acids is 1. The molecular weight excluding hydrogens is 248 g/mol. The first-order valence-corrected chi connectivity index (χ1v) is 7.15. The third-order valence-corrected chi connectivity index (χ3v) is 3.93. The number of carboxylic acids is 1. The van der Waals surface area contributed by atoms with Crippen molar-refractivity contribution in [3.8, 4) is 0 Å². The standard InChI is InChI=1S/C14H20O3S/c1-3-12(17-2)5-4-10-18-13-8-6-11(7-9-13)14(15)16/h6-9,12H,3-5,10H2,1-2H3,(H,15,16). The van der Waals surface area contributed by atoms with Crippen LogP contribution < -0.4 is 0 Å². The summed E-state index contributed by atoms with van der Waals surface area (Å²) >= 11 is 1.76. The van der Waals surface area contributed by atoms with Crippen LogP contribution in [0.1, 0.15) is 36.5 Å². The molecule has 0 fully saturated rings. The summed E-state index contributed by atoms with van der Waals surface area (Å²) in [5, 5.41) is 8.78. The Hall–Kier alpha value is -1.00. The molecule has 1 atom stereocenters. The molecule has 0 saturated heterocycles. The summed E-state index contributed by atoms with van der Waals surface area (Å²) in [6.07, 6.45) is 3.60. The number of carboxylic acid groups (broad SMARTS) is 1. The minimum absolute atomic E-state index is 0.338. The smallest absolute Gasteiger partial charge is 0.335 e. The lowest BCUT2D eigenvalue weighted by Gasteiger charge is -2.12. The van der Waals surface area contributed by atoms with Gasteiger partial charge in [0.15, 0.2) is 0 Å². The largest absolute Gasteiger partial charge is 0.478 e. The first-order chi connectivity index (χ1) is 8.67. The summed E-state index contributed by atoms with van der Waals surface area (Å²) in [5.41, 5.74) is 0.338. The second-order valence-electron chi connectivity index (χ2n) is 4.09. The van der Waals surface area contributed by atoms with E-state index in [0.717, 1.165) is 29.9 Å². The van der Waals surface area contributed by atoms with Gasteiger partial charge in [-0.3, -0.25) is 0 Å². The van der Waals surface area contributed by atoms with Crippen molar-refractivity contribution < 1.29 is 14.6 Å². The molecule has 1 aromatic carbocycles. The topological polar surface area (TPSA) is 46.5 Å². The maximum atomic E-state index is 10.7. The molecule has 0 saturated carbocycles. The number of benzene rings is 1. The summed E-state index contributed by atoms with van der Waals surface area (Å²) in [6.45, 7) is 2.13. The molecule has 1 N–H and O–H groups in total. The lowest BCUT2D eigenvalue weighted by atomic mass is 10.2. The molecular formula is C14H20O3S. The maximum absolute atomic E-state index is 10.7. The zero-order valence-corrected chi connectivity index (χ0v) is 11.7. The van der Waals surface area contributed by atoms with Crippen LogP contribution in [0.4, 0.5) is 0 Å². The Labute approximate surface area is 113 Å². The molecule has 0 spiro atoms. The molecule has 4 heteroatoms. The van der Waals surface area contributed by atoms with Gasteiger partial charge in [-0.1, -0.05) is 6.92 Å². The highest BCUT2D eigenvalue weighted by molar-refractivity contribution is 7.99. The zero-order chi connectivity index (χ0) is 13.4. The van der Waals surface area contributed by atoms with E-state index in [4.69, 9.17) is 9.84 Å². The van der Waals surface area contributed by atoms with Crippen LogP contribution in [0.15, 0.2) is 29.2 Å². The van der Waals surface area contributed by atoms with Crippen molar-refractivity contribution in [2.24, 2.45) is 0 Å². The zero-order valence-electron chi connectivity index (χ0n) is 10.9. The SMILES string of the molecule is CCC(CCCSc1ccc(C(=O)O)cc1)OC. The van der Waals surface area contributed by atoms with Gasteiger partial charge < -0.3 is 9.84 Å². The van der Waals surface area contributed by atoms with Crippen molar-refractivity contribution in [1.82, 2.24) is 0 Å². The number of thioether (sulfide) groups is 1. The molecule has 0 aliphatic rings. The fourth-order valence-electron chi connectivity index (χ4n) is 1.68. The summed E-state index contributed by atoms with van der Waals surface area (Å²) in [7, 11) is 1.76. The van der Waals surface area contributed by atoms with Crippen LogP contribution in [0.2, 0.25) is 0 Å². The molecule has 0 aliphatic heterocycles. The number of methoxy groups -OCH3 is 1. The first-order valence-electron chi connectivity index (χ1n) is 6.16. The summed E-state index contributed by atoms with van der Waals surface area (Å²) in [4.78, 5) is 11.8. The number of rotatable bonds is 8. The van der Waals surface area contributed by atoms with Gasteiger partial charge in [-0.2, -0.15) is 0 Å². The average molecular weight is 268 g/mol. The van der Waals surface area contributed by atoms with E-state index in [-0.39, 0.29) is 0 Å². The molecule has 0 radical (unpaired) electrons. The van der Waals surface area contributed by atoms with Gasteiger partial charge in [0.2, 0.25) is 0 Å². The molecule has 1 aromatic rings. The predicted octanol–water partition coefficient (Wildman–Crippen LogP) is 3.68. The van der Waals surface area contributed by atoms with Crippen molar-refractivity contribution >= 4 is 17.7 Å². The number of carbonyl (C=O) groups is 1. The number of hydrogen-bond acceptors (Lipinski definition) is 3. The monoisotopic (exact) mass is 268 g/mol. The second-order valence-corrected chi connectivity index (χ2v) is 5.25. The van der Waals surface area contributed by atoms with Crippen LogP contribution in [0.5, 0.6) is 0 Å². The Balaban J connectivity index is 2.29. The van der Waals surface area contributed by atoms with Crippen molar-refractivity contribution in [2.75, 3.05) is 12.9 Å². The highest BCUT2D eigenvalue weighted by Gasteiger charge is 2.04. The summed E-state index contributed by atoms with van der Waals surface area (Å²) < 4.78 is 5.32. The molecule has 0 heterocycles. The van der Waals surface area contributed by atoms with Gasteiger partial charge in [0.1, 0.15) is 0 Å². The van der Waals surface area contributed by atoms with E-state index in [1.165, 1.54) is 0 Å². The minimum Gasteiger partial charge on any atom is -0.478 e. The van der Waals surface area contributed by atoms with Crippen LogP contribution in [0.3, 0.4) is 0 Å². The molecule has 3 nitrogen and oxygen atoms in total. The summed E-state index contributed by atoms with van der Waals surface area (Å²) in [5.74, 6) is 0.157. The fraction of sp³-hybridized carbons (Fsp3) is 0.500. The Bertz CT molecular complexity index is 358. The molecule has 0 bridgehead atoms. The number of hydrogen-bond donors (Lipinski definition) is 1. The van der Waals surface area contributed by atoms with Crippen LogP contribution >= 0.6 is 11.8 Å². The first kappa shape index (κ1) is 15.1. The third-order valence-electron chi connectivity index (χ3n) is 2.83. The van der Waals surface area contributed by atoms with Gasteiger partial charge in [0.05, 0.1) is 11.7 Å². The molecule has 0 aliphatic carbocycles.